The van der Waals surface area contributed by atoms with Crippen LogP contribution in [0.4, 0.5) is 0 Å². The zero-order chi connectivity index (χ0) is 16.9. The predicted molar refractivity (Wildman–Crippen MR) is 93.1 cm³/mol. The lowest BCUT2D eigenvalue weighted by Gasteiger charge is -2.23. The first-order chi connectivity index (χ1) is 11.7. The van der Waals surface area contributed by atoms with Gasteiger partial charge in [0.05, 0.1) is 0 Å². The third kappa shape index (κ3) is 3.38. The monoisotopic (exact) mass is 321 g/mol. The van der Waals surface area contributed by atoms with Crippen LogP contribution in [0.1, 0.15) is 24.0 Å². The summed E-state index contributed by atoms with van der Waals surface area (Å²) in [4.78, 5) is 26.0. The molecule has 1 aliphatic heterocycles. The summed E-state index contributed by atoms with van der Waals surface area (Å²) in [7, 11) is 0. The molecule has 24 heavy (non-hydrogen) atoms. The molecule has 0 spiro atoms. The van der Waals surface area contributed by atoms with E-state index in [2.05, 4.69) is 0 Å². The van der Waals surface area contributed by atoms with Gasteiger partial charge in [0.25, 0.3) is 5.91 Å². The van der Waals surface area contributed by atoms with Gasteiger partial charge in [-0.2, -0.15) is 0 Å². The number of likely N-dealkylation sites (tertiary alicyclic amines) is 1. The van der Waals surface area contributed by atoms with Gasteiger partial charge in [0.2, 0.25) is 0 Å². The van der Waals surface area contributed by atoms with Crippen LogP contribution in [0.5, 0.6) is 0 Å². The minimum atomic E-state index is -0.937. The summed E-state index contributed by atoms with van der Waals surface area (Å²) in [6, 6.07) is 18.2. The first-order valence-corrected chi connectivity index (χ1v) is 8.03. The number of carboxylic acids is 1. The quantitative estimate of drug-likeness (QED) is 0.694. The fourth-order valence-electron chi connectivity index (χ4n) is 3.02. The van der Waals surface area contributed by atoms with Crippen LogP contribution >= 0.6 is 0 Å². The largest absolute Gasteiger partial charge is 0.480 e. The third-order valence-corrected chi connectivity index (χ3v) is 4.22. The Labute approximate surface area is 141 Å². The minimum absolute atomic E-state index is 0.227. The van der Waals surface area contributed by atoms with E-state index < -0.39 is 12.0 Å². The SMILES string of the molecule is O=C(O)C1CCCN1C(=O)/C(=C\c1ccccc1)c1ccccc1. The fraction of sp³-hybridized carbons (Fsp3) is 0.200. The summed E-state index contributed by atoms with van der Waals surface area (Å²) in [6.07, 6.45) is 3.06. The Morgan fingerprint density at radius 1 is 1.00 bits per heavy atom. The first kappa shape index (κ1) is 16.0. The van der Waals surface area contributed by atoms with Gasteiger partial charge >= 0.3 is 5.97 Å². The molecule has 1 unspecified atom stereocenters. The summed E-state index contributed by atoms with van der Waals surface area (Å²) >= 11 is 0. The van der Waals surface area contributed by atoms with Crippen molar-refractivity contribution in [2.24, 2.45) is 0 Å². The van der Waals surface area contributed by atoms with Crippen LogP contribution < -0.4 is 0 Å². The molecule has 0 radical (unpaired) electrons. The van der Waals surface area contributed by atoms with E-state index >= 15 is 0 Å². The number of hydrogen-bond acceptors (Lipinski definition) is 2. The molecule has 2 aromatic rings. The van der Waals surface area contributed by atoms with Crippen molar-refractivity contribution in [2.75, 3.05) is 6.54 Å². The second kappa shape index (κ2) is 7.13. The Hall–Kier alpha value is -2.88. The Kier molecular flexibility index (Phi) is 4.75. The molecule has 1 atom stereocenters. The van der Waals surface area contributed by atoms with Gasteiger partial charge in [0.15, 0.2) is 0 Å². The minimum Gasteiger partial charge on any atom is -0.480 e. The van der Waals surface area contributed by atoms with Crippen LogP contribution in [0.25, 0.3) is 11.6 Å². The third-order valence-electron chi connectivity index (χ3n) is 4.22. The molecular weight excluding hydrogens is 302 g/mol. The summed E-state index contributed by atoms with van der Waals surface area (Å²) in [5.41, 5.74) is 2.23. The summed E-state index contributed by atoms with van der Waals surface area (Å²) in [5, 5.41) is 9.36. The molecule has 1 amide bonds. The van der Waals surface area contributed by atoms with Crippen molar-refractivity contribution in [1.29, 1.82) is 0 Å². The van der Waals surface area contributed by atoms with Crippen molar-refractivity contribution in [2.45, 2.75) is 18.9 Å². The highest BCUT2D eigenvalue weighted by Crippen LogP contribution is 2.26. The van der Waals surface area contributed by atoms with Crippen LogP contribution in [0.3, 0.4) is 0 Å². The topological polar surface area (TPSA) is 57.6 Å². The van der Waals surface area contributed by atoms with Gasteiger partial charge in [-0.05, 0) is 30.0 Å². The predicted octanol–water partition coefficient (Wildman–Crippen LogP) is 3.30. The van der Waals surface area contributed by atoms with E-state index in [1.165, 1.54) is 4.90 Å². The van der Waals surface area contributed by atoms with E-state index in [0.717, 1.165) is 17.5 Å². The number of carbonyl (C=O) groups excluding carboxylic acids is 1. The molecule has 1 saturated heterocycles. The lowest BCUT2D eigenvalue weighted by atomic mass is 10.0. The van der Waals surface area contributed by atoms with Crippen molar-refractivity contribution in [3.8, 4) is 0 Å². The van der Waals surface area contributed by atoms with Gasteiger partial charge in [0.1, 0.15) is 6.04 Å². The van der Waals surface area contributed by atoms with Gasteiger partial charge in [-0.25, -0.2) is 4.79 Å². The number of benzene rings is 2. The molecule has 122 valence electrons. The number of rotatable bonds is 4. The lowest BCUT2D eigenvalue weighted by Crippen LogP contribution is -2.40. The fourth-order valence-corrected chi connectivity index (χ4v) is 3.02. The Bertz CT molecular complexity index is 753. The van der Waals surface area contributed by atoms with Gasteiger partial charge in [0, 0.05) is 12.1 Å². The van der Waals surface area contributed by atoms with Crippen molar-refractivity contribution < 1.29 is 14.7 Å². The summed E-state index contributed by atoms with van der Waals surface area (Å²) in [5.74, 6) is -1.16. The lowest BCUT2D eigenvalue weighted by molar-refractivity contribution is -0.146. The average molecular weight is 321 g/mol. The smallest absolute Gasteiger partial charge is 0.326 e. The molecule has 0 aliphatic carbocycles. The number of carboxylic acid groups (broad SMARTS) is 1. The van der Waals surface area contributed by atoms with E-state index in [0.29, 0.717) is 18.5 Å². The maximum Gasteiger partial charge on any atom is 0.326 e. The van der Waals surface area contributed by atoms with Crippen molar-refractivity contribution in [3.63, 3.8) is 0 Å². The van der Waals surface area contributed by atoms with Crippen molar-refractivity contribution in [3.05, 3.63) is 71.8 Å². The Morgan fingerprint density at radius 3 is 2.25 bits per heavy atom. The highest BCUT2D eigenvalue weighted by Gasteiger charge is 2.35. The van der Waals surface area contributed by atoms with Gasteiger partial charge in [-0.15, -0.1) is 0 Å². The molecule has 4 heteroatoms. The molecule has 1 fully saturated rings. The maximum absolute atomic E-state index is 13.1. The molecular formula is C20H19NO3. The highest BCUT2D eigenvalue weighted by molar-refractivity contribution is 6.24. The number of amides is 1. The average Bonchev–Trinajstić information content (AvgIpc) is 3.11. The second-order valence-corrected chi connectivity index (χ2v) is 5.83. The normalized spacial score (nSPS) is 17.8. The number of nitrogens with zero attached hydrogens (tertiary/aromatic N) is 1. The molecule has 0 bridgehead atoms. The van der Waals surface area contributed by atoms with Crippen molar-refractivity contribution >= 4 is 23.5 Å². The molecule has 3 rings (SSSR count). The van der Waals surface area contributed by atoms with Crippen molar-refractivity contribution in [1.82, 2.24) is 4.90 Å². The number of hydrogen-bond donors (Lipinski definition) is 1. The van der Waals surface area contributed by atoms with Crippen LogP contribution in [-0.2, 0) is 9.59 Å². The number of aliphatic carboxylic acids is 1. The Balaban J connectivity index is 2.00. The molecule has 0 aromatic heterocycles. The molecule has 4 nitrogen and oxygen atoms in total. The Morgan fingerprint density at radius 2 is 1.62 bits per heavy atom. The van der Waals surface area contributed by atoms with Gasteiger partial charge < -0.3 is 10.0 Å². The van der Waals surface area contributed by atoms with Gasteiger partial charge in [-0.3, -0.25) is 4.79 Å². The summed E-state index contributed by atoms with van der Waals surface area (Å²) in [6.45, 7) is 0.481. The van der Waals surface area contributed by atoms with Gasteiger partial charge in [-0.1, -0.05) is 60.7 Å². The standard InChI is InChI=1S/C20H19NO3/c22-19(21-13-7-12-18(21)20(23)24)17(16-10-5-2-6-11-16)14-15-8-3-1-4-9-15/h1-6,8-11,14,18H,7,12-13H2,(H,23,24)/b17-14-. The first-order valence-electron chi connectivity index (χ1n) is 8.03. The van der Waals surface area contributed by atoms with E-state index in [1.807, 2.05) is 66.7 Å². The van der Waals surface area contributed by atoms with Crippen LogP contribution in [0.2, 0.25) is 0 Å². The maximum atomic E-state index is 13.1. The van der Waals surface area contributed by atoms with E-state index in [4.69, 9.17) is 0 Å². The molecule has 1 N–H and O–H groups in total. The van der Waals surface area contributed by atoms with Crippen LogP contribution in [0.15, 0.2) is 60.7 Å². The van der Waals surface area contributed by atoms with E-state index in [9.17, 15) is 14.7 Å². The highest BCUT2D eigenvalue weighted by atomic mass is 16.4. The second-order valence-electron chi connectivity index (χ2n) is 5.83. The molecule has 2 aromatic carbocycles. The van der Waals surface area contributed by atoms with E-state index in [-0.39, 0.29) is 5.91 Å². The number of carbonyl (C=O) groups is 2. The zero-order valence-electron chi connectivity index (χ0n) is 13.3. The molecule has 0 saturated carbocycles. The molecule has 1 aliphatic rings. The van der Waals surface area contributed by atoms with E-state index in [1.54, 1.807) is 0 Å². The van der Waals surface area contributed by atoms with Crippen LogP contribution in [0, 0.1) is 0 Å². The van der Waals surface area contributed by atoms with Crippen LogP contribution in [-0.4, -0.2) is 34.5 Å². The zero-order valence-corrected chi connectivity index (χ0v) is 13.3. The summed E-state index contributed by atoms with van der Waals surface area (Å²) < 4.78 is 0. The molecule has 1 heterocycles.